The van der Waals surface area contributed by atoms with Gasteiger partial charge in [-0.1, -0.05) is 37.6 Å². The van der Waals surface area contributed by atoms with Crippen LogP contribution >= 0.6 is 0 Å². The maximum atomic E-state index is 12.6. The van der Waals surface area contributed by atoms with Crippen LogP contribution in [0.25, 0.3) is 10.9 Å². The van der Waals surface area contributed by atoms with Crippen molar-refractivity contribution in [1.82, 2.24) is 14.9 Å². The zero-order valence-electron chi connectivity index (χ0n) is 16.8. The van der Waals surface area contributed by atoms with E-state index in [4.69, 9.17) is 4.74 Å². The summed E-state index contributed by atoms with van der Waals surface area (Å²) in [6.45, 7) is 3.41. The minimum absolute atomic E-state index is 0.145. The van der Waals surface area contributed by atoms with E-state index in [1.54, 1.807) is 25.3 Å². The van der Waals surface area contributed by atoms with E-state index >= 15 is 0 Å². The molecule has 1 aromatic heterocycles. The van der Waals surface area contributed by atoms with E-state index in [-0.39, 0.29) is 18.0 Å². The Bertz CT molecular complexity index is 1030. The van der Waals surface area contributed by atoms with Gasteiger partial charge in [0.15, 0.2) is 0 Å². The summed E-state index contributed by atoms with van der Waals surface area (Å²) in [5.41, 5.74) is 1.12. The number of unbranched alkanes of at least 4 members (excludes halogenated alkanes) is 1. The Kier molecular flexibility index (Phi) is 6.97. The molecule has 0 atom stereocenters. The first-order valence-electron chi connectivity index (χ1n) is 9.74. The van der Waals surface area contributed by atoms with E-state index in [1.165, 1.54) is 0 Å². The molecule has 2 aromatic carbocycles. The number of amides is 1. The standard InChI is InChI=1S/C22H26N4O3/c1-3-4-13-26(15-21(27)24-18-11-7-8-12-19(18)29-2)14-20-23-17-10-6-5-9-16(17)22(28)25-20/h5-12H,3-4,13-15H2,1-2H3,(H,24,27)(H,23,25,28). The van der Waals surface area contributed by atoms with Crippen LogP contribution in [-0.4, -0.2) is 41.0 Å². The van der Waals surface area contributed by atoms with Crippen molar-refractivity contribution in [3.05, 3.63) is 64.7 Å². The lowest BCUT2D eigenvalue weighted by Crippen LogP contribution is -2.34. The van der Waals surface area contributed by atoms with Crippen LogP contribution in [0.1, 0.15) is 25.6 Å². The summed E-state index contributed by atoms with van der Waals surface area (Å²) >= 11 is 0. The fraction of sp³-hybridized carbons (Fsp3) is 0.318. The highest BCUT2D eigenvalue weighted by Gasteiger charge is 2.15. The van der Waals surface area contributed by atoms with Crippen LogP contribution in [0.2, 0.25) is 0 Å². The number of benzene rings is 2. The lowest BCUT2D eigenvalue weighted by Gasteiger charge is -2.21. The van der Waals surface area contributed by atoms with Crippen molar-refractivity contribution in [2.75, 3.05) is 25.5 Å². The fourth-order valence-electron chi connectivity index (χ4n) is 3.16. The van der Waals surface area contributed by atoms with E-state index in [1.807, 2.05) is 35.2 Å². The van der Waals surface area contributed by atoms with Crippen molar-refractivity contribution >= 4 is 22.5 Å². The molecule has 1 amide bonds. The minimum Gasteiger partial charge on any atom is -0.495 e. The smallest absolute Gasteiger partial charge is 0.258 e. The topological polar surface area (TPSA) is 87.3 Å². The molecule has 0 spiro atoms. The van der Waals surface area contributed by atoms with Crippen LogP contribution in [0.5, 0.6) is 5.75 Å². The van der Waals surface area contributed by atoms with Crippen LogP contribution in [0.15, 0.2) is 53.3 Å². The molecule has 3 aromatic rings. The highest BCUT2D eigenvalue weighted by molar-refractivity contribution is 5.93. The van der Waals surface area contributed by atoms with Crippen molar-refractivity contribution in [2.45, 2.75) is 26.3 Å². The predicted molar refractivity (Wildman–Crippen MR) is 114 cm³/mol. The van der Waals surface area contributed by atoms with Crippen molar-refractivity contribution in [1.29, 1.82) is 0 Å². The van der Waals surface area contributed by atoms with Gasteiger partial charge in [-0.25, -0.2) is 4.98 Å². The van der Waals surface area contributed by atoms with Crippen molar-refractivity contribution in [3.8, 4) is 5.75 Å². The van der Waals surface area contributed by atoms with Gasteiger partial charge in [0.05, 0.1) is 36.8 Å². The minimum atomic E-state index is -0.167. The van der Waals surface area contributed by atoms with Gasteiger partial charge >= 0.3 is 0 Å². The Morgan fingerprint density at radius 2 is 1.93 bits per heavy atom. The summed E-state index contributed by atoms with van der Waals surface area (Å²) in [6, 6.07) is 14.5. The van der Waals surface area contributed by atoms with Crippen molar-refractivity contribution < 1.29 is 9.53 Å². The number of nitrogens with zero attached hydrogens (tertiary/aromatic N) is 2. The number of hydrogen-bond acceptors (Lipinski definition) is 5. The molecule has 0 saturated carbocycles. The normalized spacial score (nSPS) is 11.0. The number of nitrogens with one attached hydrogen (secondary N) is 2. The SMILES string of the molecule is CCCCN(CC(=O)Nc1ccccc1OC)Cc1nc2ccccc2c(=O)[nH]1. The number of H-pyrrole nitrogens is 1. The average Bonchev–Trinajstić information content (AvgIpc) is 2.72. The number of methoxy groups -OCH3 is 1. The average molecular weight is 394 g/mol. The van der Waals surface area contributed by atoms with Gasteiger partial charge in [0, 0.05) is 0 Å². The van der Waals surface area contributed by atoms with Gasteiger partial charge in [-0.05, 0) is 37.2 Å². The first-order valence-corrected chi connectivity index (χ1v) is 9.74. The number of para-hydroxylation sites is 3. The molecule has 29 heavy (non-hydrogen) atoms. The van der Waals surface area contributed by atoms with Gasteiger partial charge in [0.2, 0.25) is 5.91 Å². The van der Waals surface area contributed by atoms with Crippen molar-refractivity contribution in [2.24, 2.45) is 0 Å². The number of anilines is 1. The summed E-state index contributed by atoms with van der Waals surface area (Å²) in [4.78, 5) is 34.3. The second-order valence-electron chi connectivity index (χ2n) is 6.84. The third kappa shape index (κ3) is 5.42. The molecular weight excluding hydrogens is 368 g/mol. The molecule has 0 aliphatic rings. The third-order valence-electron chi connectivity index (χ3n) is 4.61. The van der Waals surface area contributed by atoms with E-state index < -0.39 is 0 Å². The van der Waals surface area contributed by atoms with Gasteiger partial charge in [-0.15, -0.1) is 0 Å². The summed E-state index contributed by atoms with van der Waals surface area (Å²) in [6.07, 6.45) is 1.95. The Balaban J connectivity index is 1.74. The number of fused-ring (bicyclic) bond motifs is 1. The highest BCUT2D eigenvalue weighted by Crippen LogP contribution is 2.22. The molecule has 0 radical (unpaired) electrons. The van der Waals surface area contributed by atoms with Gasteiger partial charge in [0.1, 0.15) is 11.6 Å². The number of ether oxygens (including phenoxy) is 1. The van der Waals surface area contributed by atoms with Gasteiger partial charge in [-0.3, -0.25) is 14.5 Å². The van der Waals surface area contributed by atoms with Crippen molar-refractivity contribution in [3.63, 3.8) is 0 Å². The number of rotatable bonds is 9. The quantitative estimate of drug-likeness (QED) is 0.582. The molecule has 0 bridgehead atoms. The molecule has 0 aliphatic carbocycles. The Labute approximate surface area is 169 Å². The number of aromatic nitrogens is 2. The zero-order valence-corrected chi connectivity index (χ0v) is 16.8. The van der Waals surface area contributed by atoms with Crippen LogP contribution in [-0.2, 0) is 11.3 Å². The second kappa shape index (κ2) is 9.84. The van der Waals surface area contributed by atoms with Crippen LogP contribution < -0.4 is 15.6 Å². The Morgan fingerprint density at radius 3 is 2.72 bits per heavy atom. The molecule has 1 heterocycles. The predicted octanol–water partition coefficient (Wildman–Crippen LogP) is 3.17. The molecule has 152 valence electrons. The van der Waals surface area contributed by atoms with E-state index in [9.17, 15) is 9.59 Å². The summed E-state index contributed by atoms with van der Waals surface area (Å²) < 4.78 is 5.29. The van der Waals surface area contributed by atoms with E-state index in [0.717, 1.165) is 19.4 Å². The summed E-state index contributed by atoms with van der Waals surface area (Å²) in [7, 11) is 1.57. The first kappa shape index (κ1) is 20.5. The van der Waals surface area contributed by atoms with Gasteiger partial charge in [0.25, 0.3) is 5.56 Å². The van der Waals surface area contributed by atoms with E-state index in [0.29, 0.717) is 34.7 Å². The maximum absolute atomic E-state index is 12.6. The fourth-order valence-corrected chi connectivity index (χ4v) is 3.16. The maximum Gasteiger partial charge on any atom is 0.258 e. The highest BCUT2D eigenvalue weighted by atomic mass is 16.5. The summed E-state index contributed by atoms with van der Waals surface area (Å²) in [5, 5.41) is 3.46. The number of carbonyl (C=O) groups excluding carboxylic acids is 1. The molecule has 0 aliphatic heterocycles. The van der Waals surface area contributed by atoms with E-state index in [2.05, 4.69) is 22.2 Å². The summed E-state index contributed by atoms with van der Waals surface area (Å²) in [5.74, 6) is 1.02. The monoisotopic (exact) mass is 394 g/mol. The molecule has 2 N–H and O–H groups in total. The van der Waals surface area contributed by atoms with Gasteiger partial charge < -0.3 is 15.0 Å². The molecule has 3 rings (SSSR count). The molecule has 7 nitrogen and oxygen atoms in total. The van der Waals surface area contributed by atoms with Crippen LogP contribution in [0, 0.1) is 0 Å². The molecular formula is C22H26N4O3. The lowest BCUT2D eigenvalue weighted by molar-refractivity contribution is -0.117. The molecule has 0 saturated heterocycles. The van der Waals surface area contributed by atoms with Gasteiger partial charge in [-0.2, -0.15) is 0 Å². The largest absolute Gasteiger partial charge is 0.495 e. The Morgan fingerprint density at radius 1 is 1.17 bits per heavy atom. The first-order chi connectivity index (χ1) is 14.1. The molecule has 0 fully saturated rings. The zero-order chi connectivity index (χ0) is 20.6. The molecule has 0 unspecified atom stereocenters. The third-order valence-corrected chi connectivity index (χ3v) is 4.61. The number of aromatic amines is 1. The van der Waals surface area contributed by atoms with Crippen LogP contribution in [0.3, 0.4) is 0 Å². The molecule has 7 heteroatoms. The number of carbonyl (C=O) groups is 1. The number of hydrogen-bond donors (Lipinski definition) is 2. The second-order valence-corrected chi connectivity index (χ2v) is 6.84. The lowest BCUT2D eigenvalue weighted by atomic mass is 10.2. The Hall–Kier alpha value is -3.19. The van der Waals surface area contributed by atoms with Crippen LogP contribution in [0.4, 0.5) is 5.69 Å².